The number of hydrogen-bond donors (Lipinski definition) is 2. The first kappa shape index (κ1) is 9.01. The van der Waals surface area contributed by atoms with Crippen molar-refractivity contribution in [3.63, 3.8) is 0 Å². The predicted molar refractivity (Wildman–Crippen MR) is 39.7 cm³/mol. The van der Waals surface area contributed by atoms with Gasteiger partial charge in [-0.25, -0.2) is 4.79 Å². The van der Waals surface area contributed by atoms with Gasteiger partial charge in [0, 0.05) is 6.54 Å². The molecular weight excluding hydrogens is 130 g/mol. The van der Waals surface area contributed by atoms with Crippen LogP contribution in [-0.4, -0.2) is 17.6 Å². The van der Waals surface area contributed by atoms with E-state index in [9.17, 15) is 4.79 Å². The molecule has 0 aromatic carbocycles. The summed E-state index contributed by atoms with van der Waals surface area (Å²) in [4.78, 5) is 10.1. The third kappa shape index (κ3) is 3.95. The van der Waals surface area contributed by atoms with Gasteiger partial charge < -0.3 is 10.4 Å². The molecule has 10 heavy (non-hydrogen) atoms. The van der Waals surface area contributed by atoms with Crippen molar-refractivity contribution in [1.29, 1.82) is 0 Å². The maximum absolute atomic E-state index is 10.1. The number of carboxylic acids is 1. The highest BCUT2D eigenvalue weighted by molar-refractivity contribution is 5.84. The second-order valence-electron chi connectivity index (χ2n) is 2.06. The van der Waals surface area contributed by atoms with Crippen LogP contribution in [0, 0.1) is 0 Å². The summed E-state index contributed by atoms with van der Waals surface area (Å²) in [6.45, 7) is 6.06. The van der Waals surface area contributed by atoms with Gasteiger partial charge in [0.2, 0.25) is 0 Å². The fourth-order valence-corrected chi connectivity index (χ4v) is 0.492. The number of aliphatic carboxylic acids is 1. The molecule has 0 aliphatic carbocycles. The van der Waals surface area contributed by atoms with Crippen molar-refractivity contribution in [2.24, 2.45) is 0 Å². The number of hydrogen-bond acceptors (Lipinski definition) is 2. The Labute approximate surface area is 60.7 Å². The maximum Gasteiger partial charge on any atom is 0.351 e. The van der Waals surface area contributed by atoms with E-state index in [4.69, 9.17) is 5.11 Å². The zero-order chi connectivity index (χ0) is 7.98. The molecule has 3 nitrogen and oxygen atoms in total. The van der Waals surface area contributed by atoms with Crippen molar-refractivity contribution in [3.05, 3.63) is 12.3 Å². The highest BCUT2D eigenvalue weighted by Crippen LogP contribution is 1.87. The zero-order valence-electron chi connectivity index (χ0n) is 6.18. The van der Waals surface area contributed by atoms with E-state index in [0.29, 0.717) is 6.54 Å². The Balaban J connectivity index is 3.31. The quantitative estimate of drug-likeness (QED) is 0.445. The van der Waals surface area contributed by atoms with Crippen molar-refractivity contribution in [2.75, 3.05) is 6.54 Å². The number of unbranched alkanes of at least 4 members (excludes halogenated alkanes) is 1. The standard InChI is InChI=1S/C7H13NO2/c1-3-4-5-8-6(2)7(9)10/h8H,2-5H2,1H3,(H,9,10). The molecular formula is C7H13NO2. The fraction of sp³-hybridized carbons (Fsp3) is 0.571. The Morgan fingerprint density at radius 2 is 2.30 bits per heavy atom. The molecule has 0 unspecified atom stereocenters. The van der Waals surface area contributed by atoms with Gasteiger partial charge in [0.15, 0.2) is 0 Å². The van der Waals surface area contributed by atoms with Crippen LogP contribution >= 0.6 is 0 Å². The smallest absolute Gasteiger partial charge is 0.351 e. The molecule has 0 aliphatic rings. The van der Waals surface area contributed by atoms with Gasteiger partial charge in [-0.1, -0.05) is 19.9 Å². The second-order valence-corrected chi connectivity index (χ2v) is 2.06. The van der Waals surface area contributed by atoms with E-state index >= 15 is 0 Å². The number of carbonyl (C=O) groups is 1. The Bertz CT molecular complexity index is 132. The van der Waals surface area contributed by atoms with Gasteiger partial charge in [-0.05, 0) is 6.42 Å². The van der Waals surface area contributed by atoms with Crippen LogP contribution in [0.1, 0.15) is 19.8 Å². The summed E-state index contributed by atoms with van der Waals surface area (Å²) < 4.78 is 0. The molecule has 0 rings (SSSR count). The fourth-order valence-electron chi connectivity index (χ4n) is 0.492. The first-order valence-corrected chi connectivity index (χ1v) is 3.34. The number of carboxylic acid groups (broad SMARTS) is 1. The van der Waals surface area contributed by atoms with Crippen LogP contribution in [0.2, 0.25) is 0 Å². The Kier molecular flexibility index (Phi) is 4.37. The second kappa shape index (κ2) is 4.85. The van der Waals surface area contributed by atoms with E-state index in [2.05, 4.69) is 11.9 Å². The molecule has 3 heteroatoms. The summed E-state index contributed by atoms with van der Waals surface area (Å²) in [7, 11) is 0. The third-order valence-corrected chi connectivity index (χ3v) is 1.13. The van der Waals surface area contributed by atoms with Crippen LogP contribution in [0.15, 0.2) is 12.3 Å². The molecule has 2 N–H and O–H groups in total. The van der Waals surface area contributed by atoms with Gasteiger partial charge in [-0.15, -0.1) is 0 Å². The number of rotatable bonds is 5. The van der Waals surface area contributed by atoms with Crippen LogP contribution in [-0.2, 0) is 4.79 Å². The van der Waals surface area contributed by atoms with Crippen molar-refractivity contribution in [3.8, 4) is 0 Å². The van der Waals surface area contributed by atoms with Crippen molar-refractivity contribution < 1.29 is 9.90 Å². The largest absolute Gasteiger partial charge is 0.477 e. The molecule has 58 valence electrons. The van der Waals surface area contributed by atoms with Gasteiger partial charge in [0.1, 0.15) is 5.70 Å². The lowest BCUT2D eigenvalue weighted by Gasteiger charge is -2.02. The molecule has 0 saturated carbocycles. The average Bonchev–Trinajstić information content (AvgIpc) is 1.88. The minimum Gasteiger partial charge on any atom is -0.477 e. The molecule has 0 fully saturated rings. The molecule has 0 amide bonds. The number of nitrogens with one attached hydrogen (secondary N) is 1. The summed E-state index contributed by atoms with van der Waals surface area (Å²) in [6.07, 6.45) is 2.03. The van der Waals surface area contributed by atoms with Crippen LogP contribution in [0.4, 0.5) is 0 Å². The lowest BCUT2D eigenvalue weighted by atomic mass is 10.3. The lowest BCUT2D eigenvalue weighted by molar-refractivity contribution is -0.133. The molecule has 0 aromatic heterocycles. The average molecular weight is 143 g/mol. The van der Waals surface area contributed by atoms with Crippen LogP contribution in [0.3, 0.4) is 0 Å². The molecule has 0 heterocycles. The normalized spacial score (nSPS) is 8.90. The van der Waals surface area contributed by atoms with Crippen molar-refractivity contribution in [2.45, 2.75) is 19.8 Å². The Morgan fingerprint density at radius 3 is 2.70 bits per heavy atom. The van der Waals surface area contributed by atoms with E-state index in [0.717, 1.165) is 12.8 Å². The summed E-state index contributed by atoms with van der Waals surface area (Å²) in [5.74, 6) is -0.976. The van der Waals surface area contributed by atoms with Gasteiger partial charge in [-0.2, -0.15) is 0 Å². The predicted octanol–water partition coefficient (Wildman–Crippen LogP) is 0.974. The topological polar surface area (TPSA) is 49.3 Å². The molecule has 0 aromatic rings. The lowest BCUT2D eigenvalue weighted by Crippen LogP contribution is -2.19. The molecule has 0 atom stereocenters. The van der Waals surface area contributed by atoms with Crippen LogP contribution < -0.4 is 5.32 Å². The minimum absolute atomic E-state index is 0.0773. The Morgan fingerprint density at radius 1 is 1.70 bits per heavy atom. The highest BCUT2D eigenvalue weighted by Gasteiger charge is 1.99. The summed E-state index contributed by atoms with van der Waals surface area (Å²) in [5, 5.41) is 11.0. The van der Waals surface area contributed by atoms with Crippen LogP contribution in [0.25, 0.3) is 0 Å². The third-order valence-electron chi connectivity index (χ3n) is 1.13. The summed E-state index contributed by atoms with van der Waals surface area (Å²) in [6, 6.07) is 0. The van der Waals surface area contributed by atoms with E-state index < -0.39 is 5.97 Å². The van der Waals surface area contributed by atoms with E-state index in [1.807, 2.05) is 6.92 Å². The highest BCUT2D eigenvalue weighted by atomic mass is 16.4. The molecule has 0 aliphatic heterocycles. The summed E-state index contributed by atoms with van der Waals surface area (Å²) >= 11 is 0. The molecule has 0 saturated heterocycles. The SMILES string of the molecule is C=C(NCCCC)C(=O)O. The molecule has 0 bridgehead atoms. The minimum atomic E-state index is -0.976. The van der Waals surface area contributed by atoms with E-state index in [-0.39, 0.29) is 5.70 Å². The van der Waals surface area contributed by atoms with Crippen molar-refractivity contribution in [1.82, 2.24) is 5.32 Å². The van der Waals surface area contributed by atoms with Gasteiger partial charge in [-0.3, -0.25) is 0 Å². The Hall–Kier alpha value is -0.990. The first-order valence-electron chi connectivity index (χ1n) is 3.34. The van der Waals surface area contributed by atoms with Gasteiger partial charge in [0.25, 0.3) is 0 Å². The maximum atomic E-state index is 10.1. The van der Waals surface area contributed by atoms with E-state index in [1.54, 1.807) is 0 Å². The first-order chi connectivity index (χ1) is 4.68. The molecule has 0 spiro atoms. The zero-order valence-corrected chi connectivity index (χ0v) is 6.18. The van der Waals surface area contributed by atoms with Gasteiger partial charge >= 0.3 is 5.97 Å². The van der Waals surface area contributed by atoms with Crippen molar-refractivity contribution >= 4 is 5.97 Å². The summed E-state index contributed by atoms with van der Waals surface area (Å²) in [5.41, 5.74) is 0.0773. The van der Waals surface area contributed by atoms with E-state index in [1.165, 1.54) is 0 Å². The van der Waals surface area contributed by atoms with Gasteiger partial charge in [0.05, 0.1) is 0 Å². The molecule has 0 radical (unpaired) electrons. The monoisotopic (exact) mass is 143 g/mol. The van der Waals surface area contributed by atoms with Crippen LogP contribution in [0.5, 0.6) is 0 Å².